The smallest absolute Gasteiger partial charge is 0.254 e. The second kappa shape index (κ2) is 6.88. The normalized spacial score (nSPS) is 19.4. The lowest BCUT2D eigenvalue weighted by molar-refractivity contribution is -0.0615. The molecule has 0 spiro atoms. The summed E-state index contributed by atoms with van der Waals surface area (Å²) in [5.74, 6) is 0.619. The summed E-state index contributed by atoms with van der Waals surface area (Å²) in [4.78, 5) is 12.7. The van der Waals surface area contributed by atoms with E-state index in [1.807, 2.05) is 31.2 Å². The van der Waals surface area contributed by atoms with Crippen molar-refractivity contribution >= 4 is 5.91 Å². The number of hydrogen-bond acceptors (Lipinski definition) is 4. The third-order valence-corrected chi connectivity index (χ3v) is 4.60. The molecule has 2 aromatic rings. The van der Waals surface area contributed by atoms with Crippen molar-refractivity contribution in [3.8, 4) is 11.4 Å². The van der Waals surface area contributed by atoms with Gasteiger partial charge < -0.3 is 14.8 Å². The molecule has 1 aromatic carbocycles. The Kier molecular flexibility index (Phi) is 4.81. The van der Waals surface area contributed by atoms with Crippen molar-refractivity contribution in [1.29, 1.82) is 0 Å². The maximum absolute atomic E-state index is 12.7. The molecule has 134 valence electrons. The number of carbonyl (C=O) groups excluding carboxylic acids is 1. The third-order valence-electron chi connectivity index (χ3n) is 4.60. The number of carbonyl (C=O) groups is 1. The number of amides is 1. The Morgan fingerprint density at radius 2 is 2.16 bits per heavy atom. The number of aromatic nitrogens is 2. The Morgan fingerprint density at radius 3 is 2.88 bits per heavy atom. The fraction of sp³-hybridized carbons (Fsp3) is 0.474. The topological polar surface area (TPSA) is 65.4 Å². The van der Waals surface area contributed by atoms with Gasteiger partial charge in [0.25, 0.3) is 5.91 Å². The summed E-state index contributed by atoms with van der Waals surface area (Å²) in [6, 6.07) is 7.73. The summed E-state index contributed by atoms with van der Waals surface area (Å²) in [6.45, 7) is 6.66. The van der Waals surface area contributed by atoms with Gasteiger partial charge in [0.15, 0.2) is 0 Å². The van der Waals surface area contributed by atoms with Gasteiger partial charge in [-0.2, -0.15) is 5.10 Å². The van der Waals surface area contributed by atoms with Gasteiger partial charge >= 0.3 is 0 Å². The zero-order valence-corrected chi connectivity index (χ0v) is 15.2. The van der Waals surface area contributed by atoms with Crippen LogP contribution in [-0.2, 0) is 4.74 Å². The number of methoxy groups -OCH3 is 1. The van der Waals surface area contributed by atoms with E-state index in [2.05, 4.69) is 24.3 Å². The number of ether oxygens (including phenoxy) is 2. The molecular formula is C19H25N3O3. The van der Waals surface area contributed by atoms with Crippen molar-refractivity contribution in [2.45, 2.75) is 45.3 Å². The van der Waals surface area contributed by atoms with Crippen LogP contribution in [0.2, 0.25) is 0 Å². The van der Waals surface area contributed by atoms with Gasteiger partial charge in [-0.25, -0.2) is 4.68 Å². The van der Waals surface area contributed by atoms with Gasteiger partial charge in [-0.1, -0.05) is 12.1 Å². The van der Waals surface area contributed by atoms with E-state index in [0.29, 0.717) is 17.9 Å². The molecule has 1 saturated heterocycles. The Labute approximate surface area is 148 Å². The van der Waals surface area contributed by atoms with E-state index >= 15 is 0 Å². The second-order valence-corrected chi connectivity index (χ2v) is 7.00. The Bertz CT molecular complexity index is 767. The van der Waals surface area contributed by atoms with Crippen molar-refractivity contribution < 1.29 is 14.3 Å². The largest absolute Gasteiger partial charge is 0.494 e. The number of nitrogens with one attached hydrogen (secondary N) is 1. The van der Waals surface area contributed by atoms with Crippen molar-refractivity contribution in [3.63, 3.8) is 0 Å². The SMILES string of the molecule is COc1ccccc1-n1ncc(C(=O)NC2CCOC(C)(C)C2)c1C. The number of hydrogen-bond donors (Lipinski definition) is 1. The summed E-state index contributed by atoms with van der Waals surface area (Å²) in [5.41, 5.74) is 1.98. The molecule has 1 aromatic heterocycles. The highest BCUT2D eigenvalue weighted by molar-refractivity contribution is 5.95. The lowest BCUT2D eigenvalue weighted by atomic mass is 9.94. The van der Waals surface area contributed by atoms with Crippen LogP contribution in [0.15, 0.2) is 30.5 Å². The molecule has 6 heteroatoms. The summed E-state index contributed by atoms with van der Waals surface area (Å²) in [5, 5.41) is 7.51. The van der Waals surface area contributed by atoms with E-state index in [9.17, 15) is 4.79 Å². The highest BCUT2D eigenvalue weighted by atomic mass is 16.5. The molecule has 0 saturated carbocycles. The molecule has 1 fully saturated rings. The van der Waals surface area contributed by atoms with Gasteiger partial charge in [0.2, 0.25) is 0 Å². The minimum absolute atomic E-state index is 0.0960. The predicted molar refractivity (Wildman–Crippen MR) is 95.4 cm³/mol. The fourth-order valence-corrected chi connectivity index (χ4v) is 3.30. The number of benzene rings is 1. The number of nitrogens with zero attached hydrogens (tertiary/aromatic N) is 2. The summed E-state index contributed by atoms with van der Waals surface area (Å²) < 4.78 is 12.8. The Morgan fingerprint density at radius 1 is 1.40 bits per heavy atom. The van der Waals surface area contributed by atoms with E-state index in [0.717, 1.165) is 24.2 Å². The molecule has 6 nitrogen and oxygen atoms in total. The van der Waals surface area contributed by atoms with Gasteiger partial charge in [0, 0.05) is 12.6 Å². The first-order chi connectivity index (χ1) is 11.9. The minimum atomic E-state index is -0.202. The van der Waals surface area contributed by atoms with Crippen LogP contribution in [0.3, 0.4) is 0 Å². The monoisotopic (exact) mass is 343 g/mol. The highest BCUT2D eigenvalue weighted by Gasteiger charge is 2.30. The van der Waals surface area contributed by atoms with Gasteiger partial charge in [-0.15, -0.1) is 0 Å². The van der Waals surface area contributed by atoms with Gasteiger partial charge in [-0.3, -0.25) is 4.79 Å². The van der Waals surface area contributed by atoms with Gasteiger partial charge in [0.05, 0.1) is 30.2 Å². The van der Waals surface area contributed by atoms with Crippen LogP contribution in [0.5, 0.6) is 5.75 Å². The molecule has 0 radical (unpaired) electrons. The summed E-state index contributed by atoms with van der Waals surface area (Å²) in [7, 11) is 1.62. The van der Waals surface area contributed by atoms with E-state index in [-0.39, 0.29) is 17.6 Å². The van der Waals surface area contributed by atoms with E-state index in [1.54, 1.807) is 18.0 Å². The van der Waals surface area contributed by atoms with Crippen molar-refractivity contribution in [2.24, 2.45) is 0 Å². The average molecular weight is 343 g/mol. The third kappa shape index (κ3) is 3.69. The standard InChI is InChI=1S/C19H25N3O3/c1-13-15(18(23)21-14-9-10-25-19(2,3)11-14)12-20-22(13)16-7-5-6-8-17(16)24-4/h5-8,12,14H,9-11H2,1-4H3,(H,21,23). The first-order valence-electron chi connectivity index (χ1n) is 8.54. The van der Waals surface area contributed by atoms with Crippen LogP contribution in [-0.4, -0.2) is 41.0 Å². The molecule has 3 rings (SSSR count). The van der Waals surface area contributed by atoms with E-state index < -0.39 is 0 Å². The highest BCUT2D eigenvalue weighted by Crippen LogP contribution is 2.26. The maximum Gasteiger partial charge on any atom is 0.254 e. The molecule has 2 heterocycles. The maximum atomic E-state index is 12.7. The van der Waals surface area contributed by atoms with E-state index in [4.69, 9.17) is 9.47 Å². The molecule has 0 bridgehead atoms. The lowest BCUT2D eigenvalue weighted by Gasteiger charge is -2.35. The molecule has 1 aliphatic heterocycles. The van der Waals surface area contributed by atoms with Crippen LogP contribution in [0, 0.1) is 6.92 Å². The quantitative estimate of drug-likeness (QED) is 0.927. The Balaban J connectivity index is 1.80. The molecule has 1 atom stereocenters. The zero-order chi connectivity index (χ0) is 18.0. The van der Waals surface area contributed by atoms with Crippen LogP contribution in [0.4, 0.5) is 0 Å². The van der Waals surface area contributed by atoms with Crippen molar-refractivity contribution in [2.75, 3.05) is 13.7 Å². The first kappa shape index (κ1) is 17.5. The molecule has 1 amide bonds. The van der Waals surface area contributed by atoms with E-state index in [1.165, 1.54) is 0 Å². The predicted octanol–water partition coefficient (Wildman–Crippen LogP) is 2.88. The van der Waals surface area contributed by atoms with Crippen LogP contribution >= 0.6 is 0 Å². The van der Waals surface area contributed by atoms with Crippen molar-refractivity contribution in [1.82, 2.24) is 15.1 Å². The van der Waals surface area contributed by atoms with Crippen LogP contribution in [0.25, 0.3) is 5.69 Å². The number of rotatable bonds is 4. The molecular weight excluding hydrogens is 318 g/mol. The summed E-state index contributed by atoms with van der Waals surface area (Å²) >= 11 is 0. The summed E-state index contributed by atoms with van der Waals surface area (Å²) in [6.07, 6.45) is 3.24. The molecule has 1 unspecified atom stereocenters. The second-order valence-electron chi connectivity index (χ2n) is 7.00. The number of para-hydroxylation sites is 2. The average Bonchev–Trinajstić information content (AvgIpc) is 2.95. The van der Waals surface area contributed by atoms with Crippen LogP contribution in [0.1, 0.15) is 42.7 Å². The molecule has 1 aliphatic rings. The molecule has 1 N–H and O–H groups in total. The zero-order valence-electron chi connectivity index (χ0n) is 15.2. The minimum Gasteiger partial charge on any atom is -0.494 e. The van der Waals surface area contributed by atoms with Crippen LogP contribution < -0.4 is 10.1 Å². The Hall–Kier alpha value is -2.34. The fourth-order valence-electron chi connectivity index (χ4n) is 3.30. The molecule has 25 heavy (non-hydrogen) atoms. The van der Waals surface area contributed by atoms with Crippen molar-refractivity contribution in [3.05, 3.63) is 41.7 Å². The molecule has 0 aliphatic carbocycles. The van der Waals surface area contributed by atoms with Gasteiger partial charge in [0.1, 0.15) is 11.4 Å². The first-order valence-corrected chi connectivity index (χ1v) is 8.54. The van der Waals surface area contributed by atoms with Gasteiger partial charge in [-0.05, 0) is 45.7 Å². The lowest BCUT2D eigenvalue weighted by Crippen LogP contribution is -2.45.